The molecule has 1 unspecified atom stereocenters. The van der Waals surface area contributed by atoms with Gasteiger partial charge < -0.3 is 10.2 Å². The molecule has 2 heterocycles. The summed E-state index contributed by atoms with van der Waals surface area (Å²) in [5.74, 6) is -1.35. The number of benzene rings is 1. The lowest BCUT2D eigenvalue weighted by Gasteiger charge is -2.17. The number of carboxylic acid groups (broad SMARTS) is 1. The lowest BCUT2D eigenvalue weighted by atomic mass is 9.92. The van der Waals surface area contributed by atoms with Gasteiger partial charge in [0, 0.05) is 35.9 Å². The summed E-state index contributed by atoms with van der Waals surface area (Å²) in [7, 11) is 0. The van der Waals surface area contributed by atoms with E-state index in [0.717, 1.165) is 16.7 Å². The molecule has 6 heteroatoms. The Morgan fingerprint density at radius 3 is 2.00 bits per heavy atom. The maximum absolute atomic E-state index is 11.1. The monoisotopic (exact) mass is 340 g/mol. The van der Waals surface area contributed by atoms with Gasteiger partial charge in [0.15, 0.2) is 6.10 Å². The van der Waals surface area contributed by atoms with E-state index in [0.29, 0.717) is 5.56 Å². The van der Waals surface area contributed by atoms with Gasteiger partial charge in [-0.2, -0.15) is 0 Å². The highest BCUT2D eigenvalue weighted by atomic mass is 35.5. The maximum Gasteiger partial charge on any atom is 0.337 e. The third kappa shape index (κ3) is 2.99. The van der Waals surface area contributed by atoms with Crippen LogP contribution in [0.3, 0.4) is 0 Å². The van der Waals surface area contributed by atoms with Gasteiger partial charge in [0.25, 0.3) is 0 Å². The van der Waals surface area contributed by atoms with Gasteiger partial charge in [-0.25, -0.2) is 4.79 Å². The SMILES string of the molecule is O=C(O)C(O)c1ccc(-c2ccncc2)c(-c2ccncc2)c1Cl. The summed E-state index contributed by atoms with van der Waals surface area (Å²) < 4.78 is 0. The summed E-state index contributed by atoms with van der Waals surface area (Å²) in [5, 5.41) is 19.2. The van der Waals surface area contributed by atoms with Gasteiger partial charge in [0.1, 0.15) is 0 Å². The Hall–Kier alpha value is -2.76. The van der Waals surface area contributed by atoms with Crippen molar-refractivity contribution >= 4 is 17.6 Å². The second-order valence-corrected chi connectivity index (χ2v) is 5.48. The number of rotatable bonds is 4. The van der Waals surface area contributed by atoms with Crippen LogP contribution < -0.4 is 0 Å². The Morgan fingerprint density at radius 2 is 1.46 bits per heavy atom. The van der Waals surface area contributed by atoms with Crippen molar-refractivity contribution in [1.29, 1.82) is 0 Å². The van der Waals surface area contributed by atoms with Crippen molar-refractivity contribution in [2.24, 2.45) is 0 Å². The third-order valence-corrected chi connectivity index (χ3v) is 4.07. The Kier molecular flexibility index (Phi) is 4.55. The number of carboxylic acids is 1. The molecule has 3 rings (SSSR count). The number of halogens is 1. The number of aliphatic hydroxyl groups is 1. The molecule has 120 valence electrons. The molecule has 2 N–H and O–H groups in total. The fraction of sp³-hybridized carbons (Fsp3) is 0.0556. The summed E-state index contributed by atoms with van der Waals surface area (Å²) in [5.41, 5.74) is 3.27. The fourth-order valence-electron chi connectivity index (χ4n) is 2.51. The molecule has 0 aliphatic rings. The van der Waals surface area contributed by atoms with E-state index in [4.69, 9.17) is 16.7 Å². The average molecular weight is 341 g/mol. The normalized spacial score (nSPS) is 11.9. The lowest BCUT2D eigenvalue weighted by Crippen LogP contribution is -2.11. The van der Waals surface area contributed by atoms with Gasteiger partial charge in [0.05, 0.1) is 5.02 Å². The van der Waals surface area contributed by atoms with Crippen molar-refractivity contribution in [2.45, 2.75) is 6.10 Å². The highest BCUT2D eigenvalue weighted by Crippen LogP contribution is 2.41. The molecule has 2 aromatic heterocycles. The van der Waals surface area contributed by atoms with Crippen LogP contribution in [0.15, 0.2) is 61.2 Å². The molecule has 0 aliphatic carbocycles. The van der Waals surface area contributed by atoms with Crippen molar-refractivity contribution in [3.05, 3.63) is 71.8 Å². The highest BCUT2D eigenvalue weighted by molar-refractivity contribution is 6.35. The number of nitrogens with zero attached hydrogens (tertiary/aromatic N) is 2. The number of hydrogen-bond acceptors (Lipinski definition) is 4. The van der Waals surface area contributed by atoms with Gasteiger partial charge in [0.2, 0.25) is 0 Å². The minimum atomic E-state index is -1.69. The number of aliphatic hydroxyl groups excluding tert-OH is 1. The zero-order valence-electron chi connectivity index (χ0n) is 12.4. The molecule has 0 amide bonds. The van der Waals surface area contributed by atoms with Crippen LogP contribution in [0.5, 0.6) is 0 Å². The number of aromatic nitrogens is 2. The number of pyridine rings is 2. The summed E-state index contributed by atoms with van der Waals surface area (Å²) in [6.45, 7) is 0. The van der Waals surface area contributed by atoms with Crippen LogP contribution in [0, 0.1) is 0 Å². The first-order valence-electron chi connectivity index (χ1n) is 7.13. The zero-order chi connectivity index (χ0) is 17.1. The number of aliphatic carboxylic acids is 1. The van der Waals surface area contributed by atoms with E-state index < -0.39 is 12.1 Å². The summed E-state index contributed by atoms with van der Waals surface area (Å²) >= 11 is 6.48. The molecule has 1 aromatic carbocycles. The van der Waals surface area contributed by atoms with Crippen LogP contribution in [0.2, 0.25) is 5.02 Å². The van der Waals surface area contributed by atoms with Gasteiger partial charge in [-0.1, -0.05) is 23.7 Å². The molecule has 0 bridgehead atoms. The van der Waals surface area contributed by atoms with Crippen LogP contribution in [-0.2, 0) is 4.79 Å². The maximum atomic E-state index is 11.1. The van der Waals surface area contributed by atoms with Gasteiger partial charge >= 0.3 is 5.97 Å². The Balaban J connectivity index is 2.28. The summed E-state index contributed by atoms with van der Waals surface area (Å²) in [6.07, 6.45) is 4.90. The van der Waals surface area contributed by atoms with Gasteiger partial charge in [-0.3, -0.25) is 9.97 Å². The minimum absolute atomic E-state index is 0.147. The average Bonchev–Trinajstić information content (AvgIpc) is 2.62. The molecule has 0 fully saturated rings. The van der Waals surface area contributed by atoms with E-state index in [9.17, 15) is 9.90 Å². The minimum Gasteiger partial charge on any atom is -0.479 e. The first kappa shape index (κ1) is 16.1. The van der Waals surface area contributed by atoms with Crippen molar-refractivity contribution in [1.82, 2.24) is 9.97 Å². The molecule has 5 nitrogen and oxygen atoms in total. The van der Waals surface area contributed by atoms with Crippen molar-refractivity contribution in [3.63, 3.8) is 0 Å². The van der Waals surface area contributed by atoms with E-state index in [1.807, 2.05) is 12.1 Å². The van der Waals surface area contributed by atoms with Crippen LogP contribution in [0.1, 0.15) is 11.7 Å². The second kappa shape index (κ2) is 6.78. The Morgan fingerprint density at radius 1 is 0.917 bits per heavy atom. The van der Waals surface area contributed by atoms with Gasteiger partial charge in [-0.05, 0) is 41.0 Å². The highest BCUT2D eigenvalue weighted by Gasteiger charge is 2.23. The lowest BCUT2D eigenvalue weighted by molar-refractivity contribution is -0.146. The van der Waals surface area contributed by atoms with E-state index in [2.05, 4.69) is 9.97 Å². The van der Waals surface area contributed by atoms with E-state index in [1.165, 1.54) is 6.07 Å². The van der Waals surface area contributed by atoms with E-state index in [1.54, 1.807) is 43.0 Å². The molecule has 24 heavy (non-hydrogen) atoms. The number of carbonyl (C=O) groups is 1. The largest absolute Gasteiger partial charge is 0.479 e. The zero-order valence-corrected chi connectivity index (χ0v) is 13.2. The fourth-order valence-corrected chi connectivity index (χ4v) is 2.89. The molecular weight excluding hydrogens is 328 g/mol. The molecule has 0 saturated heterocycles. The van der Waals surface area contributed by atoms with Gasteiger partial charge in [-0.15, -0.1) is 0 Å². The predicted molar refractivity (Wildman–Crippen MR) is 90.5 cm³/mol. The molecule has 0 aliphatic heterocycles. The summed E-state index contributed by atoms with van der Waals surface area (Å²) in [6, 6.07) is 10.5. The molecule has 0 saturated carbocycles. The Bertz CT molecular complexity index is 870. The Labute approximate surface area is 143 Å². The molecule has 0 spiro atoms. The molecule has 0 radical (unpaired) electrons. The molecule has 1 atom stereocenters. The van der Waals surface area contributed by atoms with E-state index in [-0.39, 0.29) is 10.6 Å². The van der Waals surface area contributed by atoms with E-state index >= 15 is 0 Å². The second-order valence-electron chi connectivity index (χ2n) is 5.10. The first-order chi connectivity index (χ1) is 11.6. The quantitative estimate of drug-likeness (QED) is 0.758. The topological polar surface area (TPSA) is 83.3 Å². The first-order valence-corrected chi connectivity index (χ1v) is 7.51. The smallest absolute Gasteiger partial charge is 0.337 e. The van der Waals surface area contributed by atoms with Crippen LogP contribution >= 0.6 is 11.6 Å². The van der Waals surface area contributed by atoms with Crippen molar-refractivity contribution in [3.8, 4) is 22.3 Å². The molecule has 3 aromatic rings. The molecular formula is C18H13ClN2O3. The third-order valence-electron chi connectivity index (χ3n) is 3.66. The van der Waals surface area contributed by atoms with Crippen LogP contribution in [-0.4, -0.2) is 26.2 Å². The van der Waals surface area contributed by atoms with Crippen molar-refractivity contribution < 1.29 is 15.0 Å². The van der Waals surface area contributed by atoms with Crippen LogP contribution in [0.25, 0.3) is 22.3 Å². The summed E-state index contributed by atoms with van der Waals surface area (Å²) in [4.78, 5) is 19.1. The standard InChI is InChI=1S/C18H13ClN2O3/c19-16-14(17(22)18(23)24)2-1-13(11-3-7-20-8-4-11)15(16)12-5-9-21-10-6-12/h1-10,17,22H,(H,23,24). The van der Waals surface area contributed by atoms with Crippen molar-refractivity contribution in [2.75, 3.05) is 0 Å². The predicted octanol–water partition coefficient (Wildman–Crippen LogP) is 3.58. The number of hydrogen-bond donors (Lipinski definition) is 2. The van der Waals surface area contributed by atoms with Crippen LogP contribution in [0.4, 0.5) is 0 Å².